The Hall–Kier alpha value is -0.0300. The Balaban J connectivity index is 0.00000180. The van der Waals surface area contributed by atoms with Crippen molar-refractivity contribution in [1.29, 1.82) is 0 Å². The maximum absolute atomic E-state index is 12.2. The lowest BCUT2D eigenvalue weighted by Crippen LogP contribution is -2.39. The fourth-order valence-electron chi connectivity index (χ4n) is 3.27. The van der Waals surface area contributed by atoms with Gasteiger partial charge in [-0.3, -0.25) is 9.69 Å². The van der Waals surface area contributed by atoms with Crippen molar-refractivity contribution < 1.29 is 4.79 Å². The van der Waals surface area contributed by atoms with Gasteiger partial charge < -0.3 is 10.2 Å². The molecule has 2 fully saturated rings. The van der Waals surface area contributed by atoms with Crippen LogP contribution in [0.4, 0.5) is 0 Å². The third kappa shape index (κ3) is 5.06. The zero-order valence-corrected chi connectivity index (χ0v) is 14.3. The lowest BCUT2D eigenvalue weighted by molar-refractivity contribution is -0.131. The first-order valence-electron chi connectivity index (χ1n) is 7.47. The minimum absolute atomic E-state index is 0. The van der Waals surface area contributed by atoms with E-state index < -0.39 is 0 Å². The quantitative estimate of drug-likeness (QED) is 0.836. The van der Waals surface area contributed by atoms with E-state index in [2.05, 4.69) is 29.0 Å². The Morgan fingerprint density at radius 3 is 2.50 bits per heavy atom. The summed E-state index contributed by atoms with van der Waals surface area (Å²) in [7, 11) is 0. The number of nitrogens with zero attached hydrogens (tertiary/aromatic N) is 2. The van der Waals surface area contributed by atoms with Gasteiger partial charge in [-0.05, 0) is 44.9 Å². The highest BCUT2D eigenvalue weighted by Crippen LogP contribution is 2.19. The van der Waals surface area contributed by atoms with Gasteiger partial charge in [0, 0.05) is 25.6 Å². The molecule has 0 aromatic heterocycles. The van der Waals surface area contributed by atoms with Gasteiger partial charge >= 0.3 is 0 Å². The number of likely N-dealkylation sites (tertiary alicyclic amines) is 1. The van der Waals surface area contributed by atoms with E-state index in [4.69, 9.17) is 0 Å². The summed E-state index contributed by atoms with van der Waals surface area (Å²) in [5, 5.41) is 3.33. The molecule has 2 unspecified atom stereocenters. The van der Waals surface area contributed by atoms with Gasteiger partial charge in [-0.2, -0.15) is 0 Å². The summed E-state index contributed by atoms with van der Waals surface area (Å²) in [6, 6.07) is 0.589. The van der Waals surface area contributed by atoms with Crippen molar-refractivity contribution in [3.63, 3.8) is 0 Å². The van der Waals surface area contributed by atoms with Crippen LogP contribution in [-0.4, -0.2) is 61.0 Å². The summed E-state index contributed by atoms with van der Waals surface area (Å²) in [5.74, 6) is 0.948. The van der Waals surface area contributed by atoms with E-state index in [1.165, 1.54) is 6.42 Å². The average molecular weight is 326 g/mol. The summed E-state index contributed by atoms with van der Waals surface area (Å²) < 4.78 is 0. The smallest absolute Gasteiger partial charge is 0.222 e. The number of rotatable bonds is 5. The Morgan fingerprint density at radius 2 is 1.95 bits per heavy atom. The Bertz CT molecular complexity index is 282. The van der Waals surface area contributed by atoms with Crippen LogP contribution in [0.5, 0.6) is 0 Å². The zero-order valence-electron chi connectivity index (χ0n) is 12.6. The van der Waals surface area contributed by atoms with Crippen LogP contribution >= 0.6 is 24.8 Å². The molecule has 2 heterocycles. The summed E-state index contributed by atoms with van der Waals surface area (Å²) in [6.45, 7) is 10.6. The van der Waals surface area contributed by atoms with Gasteiger partial charge in [0.15, 0.2) is 0 Å². The fraction of sp³-hybridized carbons (Fsp3) is 0.929. The van der Waals surface area contributed by atoms with Crippen molar-refractivity contribution in [2.24, 2.45) is 5.92 Å². The second kappa shape index (κ2) is 9.82. The highest BCUT2D eigenvalue weighted by atomic mass is 35.5. The molecule has 120 valence electrons. The topological polar surface area (TPSA) is 35.6 Å². The standard InChI is InChI=1S/C14H27N3O.2ClH/c1-3-16(4-2)13-6-8-17(11-13)14(18)9-12-5-7-15-10-12;;/h12-13,15H,3-11H2,1-2H3;2*1H. The Labute approximate surface area is 135 Å². The molecule has 2 aliphatic heterocycles. The normalized spacial score (nSPS) is 25.4. The van der Waals surface area contributed by atoms with Crippen molar-refractivity contribution >= 4 is 30.7 Å². The van der Waals surface area contributed by atoms with E-state index in [0.29, 0.717) is 17.9 Å². The first-order chi connectivity index (χ1) is 8.74. The molecule has 2 aliphatic rings. The van der Waals surface area contributed by atoms with Gasteiger partial charge in [-0.25, -0.2) is 0 Å². The van der Waals surface area contributed by atoms with Crippen LogP contribution in [0.25, 0.3) is 0 Å². The fourth-order valence-corrected chi connectivity index (χ4v) is 3.27. The molecule has 2 atom stereocenters. The molecular weight excluding hydrogens is 297 g/mol. The third-order valence-corrected chi connectivity index (χ3v) is 4.47. The summed E-state index contributed by atoms with van der Waals surface area (Å²) in [4.78, 5) is 16.8. The van der Waals surface area contributed by atoms with Crippen LogP contribution in [0.2, 0.25) is 0 Å². The van der Waals surface area contributed by atoms with E-state index in [-0.39, 0.29) is 24.8 Å². The van der Waals surface area contributed by atoms with Gasteiger partial charge in [0.1, 0.15) is 0 Å². The van der Waals surface area contributed by atoms with Crippen molar-refractivity contribution in [3.05, 3.63) is 0 Å². The second-order valence-electron chi connectivity index (χ2n) is 5.57. The summed E-state index contributed by atoms with van der Waals surface area (Å²) in [6.07, 6.45) is 3.06. The van der Waals surface area contributed by atoms with E-state index in [0.717, 1.165) is 52.1 Å². The Morgan fingerprint density at radius 1 is 1.25 bits per heavy atom. The minimum atomic E-state index is 0. The minimum Gasteiger partial charge on any atom is -0.341 e. The largest absolute Gasteiger partial charge is 0.341 e. The van der Waals surface area contributed by atoms with Crippen LogP contribution < -0.4 is 5.32 Å². The van der Waals surface area contributed by atoms with Gasteiger partial charge in [-0.1, -0.05) is 13.8 Å². The molecule has 0 radical (unpaired) electrons. The number of nitrogens with one attached hydrogen (secondary N) is 1. The molecule has 4 nitrogen and oxygen atoms in total. The molecule has 2 saturated heterocycles. The maximum atomic E-state index is 12.2. The number of amides is 1. The van der Waals surface area contributed by atoms with Gasteiger partial charge in [0.2, 0.25) is 5.91 Å². The molecule has 6 heteroatoms. The first-order valence-corrected chi connectivity index (χ1v) is 7.47. The van der Waals surface area contributed by atoms with Gasteiger partial charge in [-0.15, -0.1) is 24.8 Å². The van der Waals surface area contributed by atoms with E-state index in [1.807, 2.05) is 0 Å². The van der Waals surface area contributed by atoms with Crippen LogP contribution in [0.3, 0.4) is 0 Å². The molecule has 20 heavy (non-hydrogen) atoms. The third-order valence-electron chi connectivity index (χ3n) is 4.47. The van der Waals surface area contributed by atoms with Crippen molar-refractivity contribution in [2.75, 3.05) is 39.3 Å². The molecule has 0 aromatic carbocycles. The first kappa shape index (κ1) is 20.0. The van der Waals surface area contributed by atoms with Crippen molar-refractivity contribution in [3.8, 4) is 0 Å². The number of hydrogen-bond acceptors (Lipinski definition) is 3. The van der Waals surface area contributed by atoms with Crippen LogP contribution in [0.1, 0.15) is 33.1 Å². The molecule has 0 spiro atoms. The van der Waals surface area contributed by atoms with Crippen LogP contribution in [0.15, 0.2) is 0 Å². The predicted octanol–water partition coefficient (Wildman–Crippen LogP) is 1.77. The number of hydrogen-bond donors (Lipinski definition) is 1. The van der Waals surface area contributed by atoms with Crippen LogP contribution in [0, 0.1) is 5.92 Å². The SMILES string of the molecule is CCN(CC)C1CCN(C(=O)CC2CCNC2)C1.Cl.Cl. The van der Waals surface area contributed by atoms with Gasteiger partial charge in [0.25, 0.3) is 0 Å². The van der Waals surface area contributed by atoms with Crippen molar-refractivity contribution in [2.45, 2.75) is 39.2 Å². The average Bonchev–Trinajstić information content (AvgIpc) is 3.01. The molecule has 1 N–H and O–H groups in total. The molecular formula is C14H29Cl2N3O. The monoisotopic (exact) mass is 325 g/mol. The number of likely N-dealkylation sites (N-methyl/N-ethyl adjacent to an activating group) is 1. The molecule has 0 bridgehead atoms. The van der Waals surface area contributed by atoms with E-state index >= 15 is 0 Å². The predicted molar refractivity (Wildman–Crippen MR) is 88.0 cm³/mol. The molecule has 0 saturated carbocycles. The second-order valence-corrected chi connectivity index (χ2v) is 5.57. The maximum Gasteiger partial charge on any atom is 0.222 e. The zero-order chi connectivity index (χ0) is 13.0. The number of carbonyl (C=O) groups excluding carboxylic acids is 1. The summed E-state index contributed by atoms with van der Waals surface area (Å²) >= 11 is 0. The number of carbonyl (C=O) groups is 1. The summed E-state index contributed by atoms with van der Waals surface area (Å²) in [5.41, 5.74) is 0. The molecule has 0 aromatic rings. The highest BCUT2D eigenvalue weighted by molar-refractivity contribution is 5.85. The highest BCUT2D eigenvalue weighted by Gasteiger charge is 2.30. The number of halogens is 2. The molecule has 2 rings (SSSR count). The van der Waals surface area contributed by atoms with Crippen molar-refractivity contribution in [1.82, 2.24) is 15.1 Å². The van der Waals surface area contributed by atoms with Gasteiger partial charge in [0.05, 0.1) is 0 Å². The lowest BCUT2D eigenvalue weighted by Gasteiger charge is -2.26. The van der Waals surface area contributed by atoms with E-state index in [1.54, 1.807) is 0 Å². The molecule has 0 aliphatic carbocycles. The Kier molecular flexibility index (Phi) is 9.81. The molecule has 1 amide bonds. The lowest BCUT2D eigenvalue weighted by atomic mass is 10.0. The van der Waals surface area contributed by atoms with Crippen LogP contribution in [-0.2, 0) is 4.79 Å². The van der Waals surface area contributed by atoms with E-state index in [9.17, 15) is 4.79 Å².